The molecule has 3 N–H and O–H groups in total. The van der Waals surface area contributed by atoms with Crippen molar-refractivity contribution in [1.29, 1.82) is 0 Å². The van der Waals surface area contributed by atoms with Gasteiger partial charge in [-0.2, -0.15) is 13.2 Å². The summed E-state index contributed by atoms with van der Waals surface area (Å²) in [5, 5.41) is 13.1. The smallest absolute Gasteiger partial charge is 0.422 e. The fraction of sp³-hybridized carbons (Fsp3) is 0.375. The van der Waals surface area contributed by atoms with Crippen molar-refractivity contribution in [2.75, 3.05) is 6.61 Å². The topological polar surface area (TPSA) is 105 Å². The van der Waals surface area contributed by atoms with Crippen LogP contribution in [-0.2, 0) is 14.3 Å². The molecule has 1 unspecified atom stereocenters. The highest BCUT2D eigenvalue weighted by molar-refractivity contribution is 5.89. The minimum atomic E-state index is -5.16. The Morgan fingerprint density at radius 3 is 2.03 bits per heavy atom. The number of carboxylic acids is 1. The van der Waals surface area contributed by atoms with E-state index in [9.17, 15) is 27.6 Å². The van der Waals surface area contributed by atoms with Crippen LogP contribution in [0.25, 0.3) is 11.1 Å². The molecule has 1 fully saturated rings. The molecule has 34 heavy (non-hydrogen) atoms. The number of hydrogen-bond acceptors (Lipinski definition) is 4. The average Bonchev–Trinajstić information content (AvgIpc) is 3.07. The lowest BCUT2D eigenvalue weighted by Crippen LogP contribution is -2.64. The molecule has 1 atom stereocenters. The molecule has 0 saturated heterocycles. The summed E-state index contributed by atoms with van der Waals surface area (Å²) in [5.41, 5.74) is 0.917. The van der Waals surface area contributed by atoms with E-state index in [1.54, 1.807) is 5.32 Å². The zero-order chi connectivity index (χ0) is 24.7. The second-order valence-electron chi connectivity index (χ2n) is 8.75. The SMILES string of the molecule is CC(NC(=O)C1CC(NC(=O)OCC2c3ccccc3-c3ccccc32)C1)(C(=O)O)C(F)(F)F. The van der Waals surface area contributed by atoms with Crippen LogP contribution in [0.15, 0.2) is 48.5 Å². The third-order valence-corrected chi connectivity index (χ3v) is 6.54. The van der Waals surface area contributed by atoms with E-state index in [-0.39, 0.29) is 25.4 Å². The fourth-order valence-electron chi connectivity index (χ4n) is 4.35. The quantitative estimate of drug-likeness (QED) is 0.588. The normalized spacial score (nSPS) is 20.8. The molecule has 0 bridgehead atoms. The Hall–Kier alpha value is -3.56. The van der Waals surface area contributed by atoms with E-state index >= 15 is 0 Å². The van der Waals surface area contributed by atoms with Crippen molar-refractivity contribution in [3.05, 3.63) is 59.7 Å². The van der Waals surface area contributed by atoms with Crippen LogP contribution < -0.4 is 10.6 Å². The molecule has 2 aliphatic carbocycles. The lowest BCUT2D eigenvalue weighted by Gasteiger charge is -2.37. The van der Waals surface area contributed by atoms with Crippen molar-refractivity contribution < 1.29 is 37.4 Å². The van der Waals surface area contributed by atoms with Crippen LogP contribution in [0.5, 0.6) is 0 Å². The van der Waals surface area contributed by atoms with E-state index in [0.717, 1.165) is 22.3 Å². The second kappa shape index (κ2) is 8.66. The summed E-state index contributed by atoms with van der Waals surface area (Å²) in [4.78, 5) is 35.5. The molecule has 0 radical (unpaired) electrons. The Morgan fingerprint density at radius 2 is 1.53 bits per heavy atom. The molecule has 0 aliphatic heterocycles. The van der Waals surface area contributed by atoms with Crippen LogP contribution in [-0.4, -0.2) is 47.4 Å². The predicted octanol–water partition coefficient (Wildman–Crippen LogP) is 3.83. The molecule has 0 aromatic heterocycles. The monoisotopic (exact) mass is 476 g/mol. The first kappa shape index (κ1) is 23.6. The number of carbonyl (C=O) groups excluding carboxylic acids is 2. The summed E-state index contributed by atoms with van der Waals surface area (Å²) in [6, 6.07) is 15.3. The third kappa shape index (κ3) is 4.20. The summed E-state index contributed by atoms with van der Waals surface area (Å²) < 4.78 is 44.7. The van der Waals surface area contributed by atoms with Crippen molar-refractivity contribution in [3.63, 3.8) is 0 Å². The van der Waals surface area contributed by atoms with Gasteiger partial charge in [0, 0.05) is 17.9 Å². The van der Waals surface area contributed by atoms with Gasteiger partial charge in [0.05, 0.1) is 0 Å². The molecule has 2 aliphatic rings. The lowest BCUT2D eigenvalue weighted by atomic mass is 9.79. The first-order chi connectivity index (χ1) is 16.0. The number of alkyl carbamates (subject to hydrolysis) is 1. The van der Waals surface area contributed by atoms with Gasteiger partial charge >= 0.3 is 18.2 Å². The molecular formula is C24H23F3N2O5. The van der Waals surface area contributed by atoms with Gasteiger partial charge in [0.15, 0.2) is 0 Å². The van der Waals surface area contributed by atoms with E-state index in [1.807, 2.05) is 48.5 Å². The van der Waals surface area contributed by atoms with Crippen molar-refractivity contribution in [1.82, 2.24) is 10.6 Å². The fourth-order valence-corrected chi connectivity index (χ4v) is 4.35. The van der Waals surface area contributed by atoms with Gasteiger partial charge in [0.1, 0.15) is 6.61 Å². The third-order valence-electron chi connectivity index (χ3n) is 6.54. The first-order valence-corrected chi connectivity index (χ1v) is 10.7. The number of aliphatic carboxylic acids is 1. The van der Waals surface area contributed by atoms with Gasteiger partial charge in [-0.05, 0) is 42.0 Å². The summed E-state index contributed by atoms with van der Waals surface area (Å²) in [6.45, 7) is 0.511. The molecule has 180 valence electrons. The minimum absolute atomic E-state index is 0.0869. The van der Waals surface area contributed by atoms with Crippen molar-refractivity contribution in [2.45, 2.75) is 43.4 Å². The van der Waals surface area contributed by atoms with Crippen LogP contribution in [0.2, 0.25) is 0 Å². The number of alkyl halides is 3. The second-order valence-corrected chi connectivity index (χ2v) is 8.75. The molecule has 2 aromatic carbocycles. The van der Waals surface area contributed by atoms with Gasteiger partial charge in [-0.3, -0.25) is 4.79 Å². The molecule has 0 spiro atoms. The lowest BCUT2D eigenvalue weighted by molar-refractivity contribution is -0.207. The summed E-state index contributed by atoms with van der Waals surface area (Å²) in [5.74, 6) is -4.16. The Balaban J connectivity index is 1.28. The number of carbonyl (C=O) groups is 3. The van der Waals surface area contributed by atoms with Crippen molar-refractivity contribution in [3.8, 4) is 11.1 Å². The van der Waals surface area contributed by atoms with Gasteiger partial charge in [0.25, 0.3) is 0 Å². The zero-order valence-corrected chi connectivity index (χ0v) is 18.2. The molecule has 0 heterocycles. The summed E-state index contributed by atoms with van der Waals surface area (Å²) in [6.07, 6.45) is -5.67. The Bertz CT molecular complexity index is 1080. The van der Waals surface area contributed by atoms with Gasteiger partial charge < -0.3 is 20.5 Å². The number of hydrogen-bond donors (Lipinski definition) is 3. The number of benzene rings is 2. The highest BCUT2D eigenvalue weighted by Crippen LogP contribution is 2.44. The molecule has 10 heteroatoms. The minimum Gasteiger partial charge on any atom is -0.479 e. The molecule has 1 saturated carbocycles. The highest BCUT2D eigenvalue weighted by Gasteiger charge is 2.59. The van der Waals surface area contributed by atoms with Crippen LogP contribution in [0.3, 0.4) is 0 Å². The number of amides is 2. The Kier molecular flexibility index (Phi) is 6.01. The zero-order valence-electron chi connectivity index (χ0n) is 18.2. The summed E-state index contributed by atoms with van der Waals surface area (Å²) >= 11 is 0. The number of carboxylic acid groups (broad SMARTS) is 1. The van der Waals surface area contributed by atoms with E-state index in [0.29, 0.717) is 6.92 Å². The number of nitrogens with one attached hydrogen (secondary N) is 2. The number of rotatable bonds is 6. The Labute approximate surface area is 193 Å². The molecule has 2 amide bonds. The van der Waals surface area contributed by atoms with Gasteiger partial charge in [0.2, 0.25) is 11.4 Å². The first-order valence-electron chi connectivity index (χ1n) is 10.7. The van der Waals surface area contributed by atoms with Gasteiger partial charge in [-0.15, -0.1) is 0 Å². The standard InChI is InChI=1S/C24H23F3N2O5/c1-23(21(31)32,24(25,26)27)29-20(30)13-10-14(11-13)28-22(33)34-12-19-17-8-4-2-6-15(17)16-7-3-5-9-18(16)19/h2-9,13-14,19H,10-12H2,1H3,(H,28,33)(H,29,30)(H,31,32). The average molecular weight is 476 g/mol. The van der Waals surface area contributed by atoms with E-state index in [4.69, 9.17) is 9.84 Å². The predicted molar refractivity (Wildman–Crippen MR) is 115 cm³/mol. The maximum atomic E-state index is 13.1. The largest absolute Gasteiger partial charge is 0.479 e. The molecule has 4 rings (SSSR count). The Morgan fingerprint density at radius 1 is 1.00 bits per heavy atom. The number of fused-ring (bicyclic) bond motifs is 3. The maximum Gasteiger partial charge on any atom is 0.422 e. The van der Waals surface area contributed by atoms with Gasteiger partial charge in [-0.1, -0.05) is 48.5 Å². The van der Waals surface area contributed by atoms with Gasteiger partial charge in [-0.25, -0.2) is 9.59 Å². The molecular weight excluding hydrogens is 453 g/mol. The highest BCUT2D eigenvalue weighted by atomic mass is 19.4. The van der Waals surface area contributed by atoms with Crippen LogP contribution in [0.1, 0.15) is 36.8 Å². The van der Waals surface area contributed by atoms with Crippen LogP contribution >= 0.6 is 0 Å². The van der Waals surface area contributed by atoms with Crippen LogP contribution in [0.4, 0.5) is 18.0 Å². The summed E-state index contributed by atoms with van der Waals surface area (Å²) in [7, 11) is 0. The van der Waals surface area contributed by atoms with Crippen LogP contribution in [0, 0.1) is 5.92 Å². The number of halogens is 3. The molecule has 7 nitrogen and oxygen atoms in total. The number of ether oxygens (including phenoxy) is 1. The van der Waals surface area contributed by atoms with E-state index < -0.39 is 41.6 Å². The maximum absolute atomic E-state index is 13.1. The van der Waals surface area contributed by atoms with E-state index in [1.165, 1.54) is 0 Å². The van der Waals surface area contributed by atoms with E-state index in [2.05, 4.69) is 5.32 Å². The molecule has 2 aromatic rings. The van der Waals surface area contributed by atoms with Crippen molar-refractivity contribution in [2.24, 2.45) is 5.92 Å². The van der Waals surface area contributed by atoms with Crippen molar-refractivity contribution >= 4 is 18.0 Å².